The molecule has 0 atom stereocenters. The molecule has 15 heavy (non-hydrogen) atoms. The number of aldehydes is 1. The van der Waals surface area contributed by atoms with Crippen LogP contribution in [0.25, 0.3) is 0 Å². The molecule has 7 heteroatoms. The number of hydrogen-bond donors (Lipinski definition) is 1. The number of carbonyl (C=O) groups excluding carboxylic acids is 1. The second kappa shape index (κ2) is 4.14. The molecule has 0 bridgehead atoms. The minimum atomic E-state index is -0.780. The Labute approximate surface area is 89.2 Å². The molecule has 0 saturated heterocycles. The van der Waals surface area contributed by atoms with Crippen LogP contribution < -0.4 is 4.74 Å². The zero-order chi connectivity index (χ0) is 11.6. The van der Waals surface area contributed by atoms with Crippen molar-refractivity contribution < 1.29 is 19.6 Å². The Morgan fingerprint density at radius 2 is 2.27 bits per heavy atom. The molecule has 0 spiro atoms. The summed E-state index contributed by atoms with van der Waals surface area (Å²) >= 11 is 5.56. The summed E-state index contributed by atoms with van der Waals surface area (Å²) in [6, 6.07) is 0.935. The molecule has 0 aliphatic heterocycles. The molecule has 1 aromatic rings. The highest BCUT2D eigenvalue weighted by atomic mass is 35.5. The zero-order valence-electron chi connectivity index (χ0n) is 7.56. The van der Waals surface area contributed by atoms with Crippen LogP contribution in [-0.2, 0) is 0 Å². The third-order valence-electron chi connectivity index (χ3n) is 1.76. The van der Waals surface area contributed by atoms with Gasteiger partial charge in [0.2, 0.25) is 0 Å². The smallest absolute Gasteiger partial charge is 0.285 e. The molecule has 0 saturated carbocycles. The van der Waals surface area contributed by atoms with Gasteiger partial charge in [0, 0.05) is 0 Å². The van der Waals surface area contributed by atoms with Gasteiger partial charge in [0.05, 0.1) is 18.1 Å². The standard InChI is InChI=1S/C8H6ClNO5/c1-15-6-2-5(10(13)14)4(3-11)7(9)8(6)12/h2-3,12H,1H3. The lowest BCUT2D eigenvalue weighted by Crippen LogP contribution is -1.97. The summed E-state index contributed by atoms with van der Waals surface area (Å²) in [5.41, 5.74) is -0.885. The molecule has 80 valence electrons. The van der Waals surface area contributed by atoms with Crippen molar-refractivity contribution in [3.8, 4) is 11.5 Å². The quantitative estimate of drug-likeness (QED) is 0.486. The molecule has 0 heterocycles. The van der Waals surface area contributed by atoms with Gasteiger partial charge in [0.1, 0.15) is 10.6 Å². The average molecular weight is 232 g/mol. The van der Waals surface area contributed by atoms with Gasteiger partial charge in [0.15, 0.2) is 17.8 Å². The summed E-state index contributed by atoms with van der Waals surface area (Å²) in [4.78, 5) is 20.3. The number of phenols is 1. The van der Waals surface area contributed by atoms with E-state index in [-0.39, 0.29) is 17.6 Å². The molecule has 1 N–H and O–H groups in total. The Balaban J connectivity index is 3.58. The van der Waals surface area contributed by atoms with E-state index in [0.29, 0.717) is 0 Å². The van der Waals surface area contributed by atoms with Crippen LogP contribution in [0.4, 0.5) is 5.69 Å². The van der Waals surface area contributed by atoms with Crippen LogP contribution in [0.5, 0.6) is 11.5 Å². The van der Waals surface area contributed by atoms with Gasteiger partial charge in [-0.2, -0.15) is 0 Å². The van der Waals surface area contributed by atoms with E-state index in [1.54, 1.807) is 0 Å². The Morgan fingerprint density at radius 3 is 2.67 bits per heavy atom. The minimum Gasteiger partial charge on any atom is -0.503 e. The first-order valence-electron chi connectivity index (χ1n) is 3.72. The summed E-state index contributed by atoms with van der Waals surface area (Å²) in [6.45, 7) is 0. The average Bonchev–Trinajstić information content (AvgIpc) is 2.21. The van der Waals surface area contributed by atoms with E-state index in [1.807, 2.05) is 0 Å². The van der Waals surface area contributed by atoms with E-state index in [9.17, 15) is 20.0 Å². The fourth-order valence-electron chi connectivity index (χ4n) is 1.04. The number of aromatic hydroxyl groups is 1. The second-order valence-corrected chi connectivity index (χ2v) is 2.93. The number of rotatable bonds is 3. The molecular weight excluding hydrogens is 226 g/mol. The van der Waals surface area contributed by atoms with Crippen LogP contribution in [-0.4, -0.2) is 23.4 Å². The first-order chi connectivity index (χ1) is 7.02. The van der Waals surface area contributed by atoms with E-state index in [2.05, 4.69) is 4.74 Å². The van der Waals surface area contributed by atoms with Crippen LogP contribution in [0.3, 0.4) is 0 Å². The molecule has 0 aromatic heterocycles. The van der Waals surface area contributed by atoms with E-state index in [0.717, 1.165) is 6.07 Å². The predicted molar refractivity (Wildman–Crippen MR) is 51.7 cm³/mol. The topological polar surface area (TPSA) is 89.7 Å². The Kier molecular flexibility index (Phi) is 3.11. The molecule has 0 fully saturated rings. The van der Waals surface area contributed by atoms with Gasteiger partial charge in [0.25, 0.3) is 5.69 Å². The summed E-state index contributed by atoms with van der Waals surface area (Å²) in [5, 5.41) is 19.5. The number of nitrogens with zero attached hydrogens (tertiary/aromatic N) is 1. The highest BCUT2D eigenvalue weighted by Gasteiger charge is 2.23. The third-order valence-corrected chi connectivity index (χ3v) is 2.14. The highest BCUT2D eigenvalue weighted by Crippen LogP contribution is 2.40. The molecular formula is C8H6ClNO5. The molecule has 0 aliphatic rings. The number of ether oxygens (including phenoxy) is 1. The summed E-state index contributed by atoms with van der Waals surface area (Å²) < 4.78 is 4.66. The first-order valence-corrected chi connectivity index (χ1v) is 4.09. The van der Waals surface area contributed by atoms with E-state index in [1.165, 1.54) is 7.11 Å². The summed E-state index contributed by atoms with van der Waals surface area (Å²) in [7, 11) is 1.22. The zero-order valence-corrected chi connectivity index (χ0v) is 8.32. The fraction of sp³-hybridized carbons (Fsp3) is 0.125. The van der Waals surface area contributed by atoms with Crippen molar-refractivity contribution in [2.45, 2.75) is 0 Å². The third kappa shape index (κ3) is 1.84. The fourth-order valence-corrected chi connectivity index (χ4v) is 1.27. The normalized spacial score (nSPS) is 9.73. The lowest BCUT2D eigenvalue weighted by atomic mass is 10.1. The number of benzene rings is 1. The number of nitro benzene ring substituents is 1. The number of halogens is 1. The monoisotopic (exact) mass is 231 g/mol. The molecule has 6 nitrogen and oxygen atoms in total. The SMILES string of the molecule is COc1cc([N+](=O)[O-])c(C=O)c(Cl)c1O. The van der Waals surface area contributed by atoms with Gasteiger partial charge in [-0.1, -0.05) is 11.6 Å². The Hall–Kier alpha value is -1.82. The van der Waals surface area contributed by atoms with Crippen molar-refractivity contribution in [2.75, 3.05) is 7.11 Å². The number of phenolic OH excluding ortho intramolecular Hbond substituents is 1. The lowest BCUT2D eigenvalue weighted by molar-refractivity contribution is -0.385. The summed E-state index contributed by atoms with van der Waals surface area (Å²) in [5.74, 6) is -0.649. The summed E-state index contributed by atoms with van der Waals surface area (Å²) in [6.07, 6.45) is 0.208. The number of carbonyl (C=O) groups is 1. The first kappa shape index (κ1) is 11.3. The number of methoxy groups -OCH3 is 1. The van der Waals surface area contributed by atoms with Crippen molar-refractivity contribution in [2.24, 2.45) is 0 Å². The van der Waals surface area contributed by atoms with Gasteiger partial charge >= 0.3 is 0 Å². The molecule has 0 aliphatic carbocycles. The minimum absolute atomic E-state index is 0.155. The van der Waals surface area contributed by atoms with Crippen LogP contribution in [0.2, 0.25) is 5.02 Å². The van der Waals surface area contributed by atoms with Gasteiger partial charge < -0.3 is 9.84 Å². The van der Waals surface area contributed by atoms with Crippen molar-refractivity contribution in [1.82, 2.24) is 0 Å². The molecule has 1 aromatic carbocycles. The molecule has 1 rings (SSSR count). The molecule has 0 radical (unpaired) electrons. The van der Waals surface area contributed by atoms with E-state index in [4.69, 9.17) is 11.6 Å². The number of nitro groups is 1. The van der Waals surface area contributed by atoms with Crippen molar-refractivity contribution in [3.63, 3.8) is 0 Å². The maximum Gasteiger partial charge on any atom is 0.285 e. The van der Waals surface area contributed by atoms with Gasteiger partial charge in [-0.15, -0.1) is 0 Å². The highest BCUT2D eigenvalue weighted by molar-refractivity contribution is 6.35. The van der Waals surface area contributed by atoms with Gasteiger partial charge in [-0.25, -0.2) is 0 Å². The van der Waals surface area contributed by atoms with Crippen molar-refractivity contribution >= 4 is 23.6 Å². The van der Waals surface area contributed by atoms with E-state index < -0.39 is 21.4 Å². The van der Waals surface area contributed by atoms with Gasteiger partial charge in [-0.3, -0.25) is 14.9 Å². The van der Waals surface area contributed by atoms with Crippen molar-refractivity contribution in [1.29, 1.82) is 0 Å². The number of hydrogen-bond acceptors (Lipinski definition) is 5. The predicted octanol–water partition coefficient (Wildman–Crippen LogP) is 1.77. The Morgan fingerprint density at radius 1 is 1.67 bits per heavy atom. The largest absolute Gasteiger partial charge is 0.503 e. The van der Waals surface area contributed by atoms with Gasteiger partial charge in [-0.05, 0) is 0 Å². The van der Waals surface area contributed by atoms with Crippen LogP contribution in [0, 0.1) is 10.1 Å². The Bertz CT molecular complexity index is 432. The van der Waals surface area contributed by atoms with Crippen molar-refractivity contribution in [3.05, 3.63) is 26.8 Å². The molecule has 0 unspecified atom stereocenters. The van der Waals surface area contributed by atoms with Crippen LogP contribution in [0.15, 0.2) is 6.07 Å². The second-order valence-electron chi connectivity index (χ2n) is 2.55. The maximum absolute atomic E-state index is 10.6. The molecule has 0 amide bonds. The van der Waals surface area contributed by atoms with E-state index >= 15 is 0 Å². The maximum atomic E-state index is 10.6. The van der Waals surface area contributed by atoms with Crippen LogP contribution >= 0.6 is 11.6 Å². The van der Waals surface area contributed by atoms with Crippen LogP contribution in [0.1, 0.15) is 10.4 Å². The lowest BCUT2D eigenvalue weighted by Gasteiger charge is -2.06.